The van der Waals surface area contributed by atoms with E-state index < -0.39 is 265 Å². The summed E-state index contributed by atoms with van der Waals surface area (Å²) < 4.78 is 480. The molecule has 0 aliphatic carbocycles. The average molecular weight is 1740 g/mol. The normalized spacial score (nSPS) is 11.7. The standard InChI is InChI=1S/C22H14F8O6.C14H10F12O7.C12H10F8O4.C12H10F4O3.3CH4/c1-3-9(31)33-5-7-35-21-17(27)13(23)11(14(24)18(21)28)12-15(25)19(29)22(20(30)16(12)26)36-8-6-34-10(32)4-2;1-3-7(27)29-5-9(15,16)31-11(19,20)13(23,24)33-14(25,26)12(21,22)32-10(17,18)6-30-8(28)4-2;1-3-7(21)23-5-9(13,14)11(17,18)12(19,20)10(15,16)6-24-8(22)4-2;1-3-7(17)18-4-5-19-12-10(15)8(13)6(2)9(14)11(12)16;;;/h3-4H,1-2,5-8H2;3-4H,1-2,5-6H2;3-4H,1-2,5-6H2;3H,1,4-5H2,2H3;3*1H4. The van der Waals surface area contributed by atoms with Gasteiger partial charge in [-0.15, -0.1) is 0 Å². The van der Waals surface area contributed by atoms with Crippen molar-refractivity contribution in [2.45, 2.75) is 89.5 Å². The fraction of sp³-hybridized carbons (Fsp3) is 0.381. The van der Waals surface area contributed by atoms with Gasteiger partial charge in [-0.1, -0.05) is 68.3 Å². The number of ether oxygens (including phenoxy) is 13. The van der Waals surface area contributed by atoms with Gasteiger partial charge >= 0.3 is 102 Å². The number of halogens is 32. The Labute approximate surface area is 624 Å². The Balaban J connectivity index is -0.000000727. The van der Waals surface area contributed by atoms with Crippen LogP contribution in [-0.4, -0.2) is 168 Å². The summed E-state index contributed by atoms with van der Waals surface area (Å²) in [6, 6.07) is 0. The molecule has 3 rings (SSSR count). The first kappa shape index (κ1) is 111. The second-order valence-electron chi connectivity index (χ2n) is 19.2. The van der Waals surface area contributed by atoms with Gasteiger partial charge in [-0.25, -0.2) is 74.1 Å². The van der Waals surface area contributed by atoms with E-state index in [0.717, 1.165) is 25.2 Å². The Kier molecular flexibility index (Phi) is 43.5. The molecule has 0 fully saturated rings. The second-order valence-corrected chi connectivity index (χ2v) is 19.2. The minimum absolute atomic E-state index is 0. The first-order chi connectivity index (χ1) is 51.1. The first-order valence-electron chi connectivity index (χ1n) is 27.9. The van der Waals surface area contributed by atoms with Gasteiger partial charge in [0.1, 0.15) is 39.6 Å². The van der Waals surface area contributed by atoms with Crippen molar-refractivity contribution in [2.75, 3.05) is 66.1 Å². The Morgan fingerprint density at radius 2 is 0.452 bits per heavy atom. The van der Waals surface area contributed by atoms with Crippen LogP contribution >= 0.6 is 0 Å². The highest BCUT2D eigenvalue weighted by molar-refractivity contribution is 5.83. The van der Waals surface area contributed by atoms with Crippen LogP contribution in [0.15, 0.2) is 88.6 Å². The molecule has 52 heteroatoms. The van der Waals surface area contributed by atoms with Crippen molar-refractivity contribution in [1.29, 1.82) is 0 Å². The molecule has 115 heavy (non-hydrogen) atoms. The number of esters is 7. The summed E-state index contributed by atoms with van der Waals surface area (Å²) in [5.41, 5.74) is -5.01. The zero-order valence-corrected chi connectivity index (χ0v) is 54.8. The summed E-state index contributed by atoms with van der Waals surface area (Å²) in [6.45, 7) is 7.06. The Morgan fingerprint density at radius 1 is 0.270 bits per heavy atom. The smallest absolute Gasteiger partial charge is 0.453 e. The van der Waals surface area contributed by atoms with Crippen LogP contribution in [0.25, 0.3) is 11.1 Å². The third kappa shape index (κ3) is 30.1. The molecule has 3 aromatic carbocycles. The minimum atomic E-state index is -7.06. The number of benzene rings is 3. The summed E-state index contributed by atoms with van der Waals surface area (Å²) in [5.74, 6) is -64.3. The maximum atomic E-state index is 14.5. The van der Waals surface area contributed by atoms with E-state index in [0.29, 0.717) is 0 Å². The number of hydrogen-bond acceptors (Lipinski definition) is 20. The number of hydrogen-bond donors (Lipinski definition) is 0. The fourth-order valence-electron chi connectivity index (χ4n) is 6.14. The number of carbonyl (C=O) groups excluding carboxylic acids is 7. The summed E-state index contributed by atoms with van der Waals surface area (Å²) >= 11 is 0. The van der Waals surface area contributed by atoms with Crippen molar-refractivity contribution in [2.24, 2.45) is 0 Å². The Morgan fingerprint density at radius 3 is 0.661 bits per heavy atom. The highest BCUT2D eigenvalue weighted by Gasteiger charge is 2.81. The molecule has 0 bridgehead atoms. The highest BCUT2D eigenvalue weighted by Crippen LogP contribution is 2.54. The summed E-state index contributed by atoms with van der Waals surface area (Å²) in [4.78, 5) is 74.6. The summed E-state index contributed by atoms with van der Waals surface area (Å²) in [6.07, 6.45) is -35.6. The first-order valence-corrected chi connectivity index (χ1v) is 27.9. The molecule has 0 spiro atoms. The van der Waals surface area contributed by atoms with Crippen LogP contribution in [0.4, 0.5) is 140 Å². The predicted molar refractivity (Wildman–Crippen MR) is 320 cm³/mol. The molecule has 0 radical (unpaired) electrons. The van der Waals surface area contributed by atoms with Gasteiger partial charge in [0.05, 0.1) is 11.1 Å². The van der Waals surface area contributed by atoms with Crippen LogP contribution in [0.5, 0.6) is 17.2 Å². The molecule has 0 saturated carbocycles. The lowest BCUT2D eigenvalue weighted by atomic mass is 9.99. The van der Waals surface area contributed by atoms with Gasteiger partial charge in [0.15, 0.2) is 78.6 Å². The zero-order valence-electron chi connectivity index (χ0n) is 54.8. The molecular formula is C63H56F32O20. The molecule has 0 aliphatic heterocycles. The van der Waals surface area contributed by atoms with Crippen molar-refractivity contribution in [3.8, 4) is 28.4 Å². The lowest BCUT2D eigenvalue weighted by molar-refractivity contribution is -0.558. The van der Waals surface area contributed by atoms with Gasteiger partial charge in [0.2, 0.25) is 34.9 Å². The molecule has 652 valence electrons. The van der Waals surface area contributed by atoms with Crippen LogP contribution < -0.4 is 14.2 Å². The molecule has 0 saturated heterocycles. The Hall–Kier alpha value is -10.8. The van der Waals surface area contributed by atoms with E-state index in [4.69, 9.17) is 0 Å². The SMILES string of the molecule is C.C.C.C=CC(=O)OCC(F)(F)C(F)(F)C(F)(F)C(F)(F)COC(=O)C=C.C=CC(=O)OCC(F)(F)OC(F)(F)C(F)(F)OC(F)(F)C(F)(F)OC(F)(F)COC(=O)C=C.C=CC(=O)OCCOc1c(F)c(F)c(-c2c(F)c(F)c(OCCOC(=O)C=C)c(F)c2F)c(F)c1F.C=CC(=O)OCCOc1c(F)c(F)c(C)c(F)c1F. The largest absolute Gasteiger partial charge is 0.484 e. The van der Waals surface area contributed by atoms with Gasteiger partial charge in [-0.3, -0.25) is 0 Å². The molecule has 0 atom stereocenters. The molecule has 20 nitrogen and oxygen atoms in total. The monoisotopic (exact) mass is 1740 g/mol. The topological polar surface area (TPSA) is 239 Å². The van der Waals surface area contributed by atoms with Gasteiger partial charge in [0.25, 0.3) is 0 Å². The summed E-state index contributed by atoms with van der Waals surface area (Å²) in [7, 11) is 0. The molecule has 0 aromatic heterocycles. The molecule has 0 heterocycles. The van der Waals surface area contributed by atoms with E-state index >= 15 is 0 Å². The van der Waals surface area contributed by atoms with Crippen molar-refractivity contribution in [1.82, 2.24) is 0 Å². The lowest BCUT2D eigenvalue weighted by Crippen LogP contribution is -2.64. The maximum absolute atomic E-state index is 14.5. The number of rotatable bonds is 39. The molecule has 3 aromatic rings. The maximum Gasteiger partial charge on any atom is 0.453 e. The molecule has 0 aliphatic rings. The fourth-order valence-corrected chi connectivity index (χ4v) is 6.14. The Bertz CT molecular complexity index is 3660. The van der Waals surface area contributed by atoms with E-state index in [-0.39, 0.29) is 53.2 Å². The third-order valence-corrected chi connectivity index (χ3v) is 11.4. The van der Waals surface area contributed by atoms with Gasteiger partial charge in [-0.05, 0) is 6.92 Å². The molecule has 0 unspecified atom stereocenters. The quantitative estimate of drug-likeness (QED) is 0.0129. The van der Waals surface area contributed by atoms with Crippen molar-refractivity contribution in [3.63, 3.8) is 0 Å². The van der Waals surface area contributed by atoms with Crippen LogP contribution in [0.3, 0.4) is 0 Å². The second kappa shape index (κ2) is 45.3. The molecular weight excluding hydrogens is 1680 g/mol. The van der Waals surface area contributed by atoms with Crippen LogP contribution in [0, 0.1) is 76.7 Å². The van der Waals surface area contributed by atoms with Crippen LogP contribution in [0.2, 0.25) is 0 Å². The van der Waals surface area contributed by atoms with Gasteiger partial charge < -0.3 is 47.4 Å². The minimum Gasteiger partial charge on any atom is -0.484 e. The van der Waals surface area contributed by atoms with Gasteiger partial charge in [0, 0.05) is 48.1 Å². The zero-order chi connectivity index (χ0) is 87.6. The predicted octanol–water partition coefficient (Wildman–Crippen LogP) is 16.3. The van der Waals surface area contributed by atoms with Crippen LogP contribution in [0.1, 0.15) is 27.8 Å². The van der Waals surface area contributed by atoms with E-state index in [1.807, 2.05) is 4.74 Å². The van der Waals surface area contributed by atoms with Crippen LogP contribution in [-0.2, 0) is 80.9 Å². The number of carbonyl (C=O) groups is 7. The van der Waals surface area contributed by atoms with E-state index in [9.17, 15) is 174 Å². The van der Waals surface area contributed by atoms with Crippen molar-refractivity contribution < 1.29 is 236 Å². The van der Waals surface area contributed by atoms with E-state index in [1.165, 1.54) is 0 Å². The van der Waals surface area contributed by atoms with Crippen molar-refractivity contribution >= 4 is 41.8 Å². The molecule has 0 amide bonds. The highest BCUT2D eigenvalue weighted by atomic mass is 19.4. The van der Waals surface area contributed by atoms with E-state index in [1.54, 1.807) is 0 Å². The molecule has 0 N–H and O–H groups in total. The van der Waals surface area contributed by atoms with Crippen molar-refractivity contribution in [3.05, 3.63) is 164 Å². The number of alkyl halides is 20. The lowest BCUT2D eigenvalue weighted by Gasteiger charge is -2.36. The third-order valence-electron chi connectivity index (χ3n) is 11.4. The average Bonchev–Trinajstić information content (AvgIpc) is 0.747. The van der Waals surface area contributed by atoms with E-state index in [2.05, 4.69) is 103 Å². The van der Waals surface area contributed by atoms with Gasteiger partial charge in [-0.2, -0.15) is 114 Å². The summed E-state index contributed by atoms with van der Waals surface area (Å²) in [5, 5.41) is 0.